The van der Waals surface area contributed by atoms with E-state index in [4.69, 9.17) is 0 Å². The number of hydrogen-bond donors (Lipinski definition) is 1. The van der Waals surface area contributed by atoms with Crippen LogP contribution in [-0.4, -0.2) is 33.3 Å². The van der Waals surface area contributed by atoms with Gasteiger partial charge in [0.15, 0.2) is 5.82 Å². The van der Waals surface area contributed by atoms with Gasteiger partial charge in [0.05, 0.1) is 25.0 Å². The molecule has 5 nitrogen and oxygen atoms in total. The lowest BCUT2D eigenvalue weighted by molar-refractivity contribution is -0.845. The number of nitrogens with zero attached hydrogens (tertiary/aromatic N) is 4. The Labute approximate surface area is 154 Å². The van der Waals surface area contributed by atoms with Crippen LogP contribution in [0, 0.1) is 0 Å². The summed E-state index contributed by atoms with van der Waals surface area (Å²) in [6.45, 7) is 2.40. The largest absolute Gasteiger partial charge is 0.309 e. The molecule has 0 unspecified atom stereocenters. The van der Waals surface area contributed by atoms with Crippen LogP contribution in [0.15, 0.2) is 60.8 Å². The quantitative estimate of drug-likeness (QED) is 0.790. The van der Waals surface area contributed by atoms with Crippen LogP contribution in [0.5, 0.6) is 0 Å². The first kappa shape index (κ1) is 16.7. The molecule has 0 bridgehead atoms. The first-order valence-corrected chi connectivity index (χ1v) is 9.37. The second-order valence-corrected chi connectivity index (χ2v) is 6.77. The van der Waals surface area contributed by atoms with Crippen LogP contribution in [0.25, 0.3) is 22.9 Å². The van der Waals surface area contributed by atoms with Crippen molar-refractivity contribution >= 4 is 6.08 Å². The molecule has 1 saturated heterocycles. The normalized spacial score (nSPS) is 16.0. The predicted octanol–water partition coefficient (Wildman–Crippen LogP) is 2.76. The summed E-state index contributed by atoms with van der Waals surface area (Å²) in [6.07, 6.45) is 9.56. The molecule has 4 rings (SSSR count). The van der Waals surface area contributed by atoms with E-state index in [1.807, 2.05) is 12.1 Å². The van der Waals surface area contributed by atoms with Gasteiger partial charge in [-0.25, -0.2) is 0 Å². The number of aromatic nitrogens is 4. The maximum absolute atomic E-state index is 4.18. The molecule has 3 aromatic rings. The summed E-state index contributed by atoms with van der Waals surface area (Å²) < 4.78 is 1.79. The van der Waals surface area contributed by atoms with E-state index >= 15 is 0 Å². The zero-order valence-corrected chi connectivity index (χ0v) is 14.9. The molecule has 0 aliphatic carbocycles. The van der Waals surface area contributed by atoms with Crippen molar-refractivity contribution in [2.24, 2.45) is 0 Å². The Morgan fingerprint density at radius 1 is 0.808 bits per heavy atom. The maximum atomic E-state index is 4.18. The molecule has 1 fully saturated rings. The predicted molar refractivity (Wildman–Crippen MR) is 103 cm³/mol. The number of nitrogens with one attached hydrogen (secondary N) is 1. The van der Waals surface area contributed by atoms with Gasteiger partial charge in [0.25, 0.3) is 0 Å². The number of tetrazole rings is 1. The van der Waals surface area contributed by atoms with E-state index in [-0.39, 0.29) is 0 Å². The fraction of sp³-hybridized carbons (Fsp3) is 0.286. The molecule has 0 amide bonds. The van der Waals surface area contributed by atoms with E-state index < -0.39 is 0 Å². The number of benzene rings is 2. The highest BCUT2D eigenvalue weighted by Gasteiger charge is 2.11. The third-order valence-corrected chi connectivity index (χ3v) is 4.93. The van der Waals surface area contributed by atoms with Crippen LogP contribution < -0.4 is 4.90 Å². The van der Waals surface area contributed by atoms with Gasteiger partial charge in [0.1, 0.15) is 0 Å². The molecule has 1 aromatic heterocycles. The number of hydrogen-bond acceptors (Lipinski definition) is 3. The number of likely N-dealkylation sites (tertiary alicyclic amines) is 1. The molecular formula is C21H24N5+. The van der Waals surface area contributed by atoms with Crippen LogP contribution in [0.4, 0.5) is 0 Å². The summed E-state index contributed by atoms with van der Waals surface area (Å²) in [5.74, 6) is 0.772. The minimum absolute atomic E-state index is 0.772. The number of quaternary nitrogens is 1. The third kappa shape index (κ3) is 3.89. The molecule has 0 saturated carbocycles. The average Bonchev–Trinajstić information content (AvgIpc) is 3.02. The lowest BCUT2D eigenvalue weighted by Crippen LogP contribution is -3.07. The van der Waals surface area contributed by atoms with Crippen molar-refractivity contribution < 1.29 is 4.90 Å². The molecule has 2 heterocycles. The minimum atomic E-state index is 0.772. The Bertz CT molecular complexity index is 844. The Balaban J connectivity index is 1.53. The monoisotopic (exact) mass is 346 g/mol. The van der Waals surface area contributed by atoms with Gasteiger partial charge >= 0.3 is 0 Å². The summed E-state index contributed by atoms with van der Waals surface area (Å²) >= 11 is 0. The summed E-state index contributed by atoms with van der Waals surface area (Å²) in [6, 6.07) is 18.7. The molecule has 0 atom stereocenters. The highest BCUT2D eigenvalue weighted by molar-refractivity contribution is 5.64. The summed E-state index contributed by atoms with van der Waals surface area (Å²) in [5.41, 5.74) is 3.37. The second-order valence-electron chi connectivity index (χ2n) is 6.77. The lowest BCUT2D eigenvalue weighted by Gasteiger charge is -2.10. The summed E-state index contributed by atoms with van der Waals surface area (Å²) in [7, 11) is 0. The Hall–Kier alpha value is -2.79. The van der Waals surface area contributed by atoms with Crippen molar-refractivity contribution in [3.05, 3.63) is 66.6 Å². The highest BCUT2D eigenvalue weighted by Crippen LogP contribution is 2.20. The van der Waals surface area contributed by atoms with E-state index in [9.17, 15) is 0 Å². The average molecular weight is 346 g/mol. The second kappa shape index (κ2) is 8.06. The van der Waals surface area contributed by atoms with Crippen LogP contribution in [0.1, 0.15) is 31.5 Å². The van der Waals surface area contributed by atoms with Crippen molar-refractivity contribution in [3.8, 4) is 16.8 Å². The third-order valence-electron chi connectivity index (χ3n) is 4.93. The standard InChI is InChI=1S/C21H23N5/c1-2-7-16-25(15-6-1)17-14-21-22-23-24-26(21)20-12-10-19(11-13-20)18-8-4-3-5-9-18/h3-5,8-14,17H,1-2,6-7,15-16H2/p+1/b17-14+. The Morgan fingerprint density at radius 3 is 2.23 bits per heavy atom. The molecule has 2 aromatic carbocycles. The first-order valence-electron chi connectivity index (χ1n) is 9.37. The van der Waals surface area contributed by atoms with E-state index in [0.29, 0.717) is 0 Å². The Morgan fingerprint density at radius 2 is 1.50 bits per heavy atom. The van der Waals surface area contributed by atoms with Crippen molar-refractivity contribution in [2.75, 3.05) is 13.1 Å². The lowest BCUT2D eigenvalue weighted by atomic mass is 10.1. The van der Waals surface area contributed by atoms with Gasteiger partial charge in [-0.05, 0) is 59.4 Å². The van der Waals surface area contributed by atoms with Crippen LogP contribution in [-0.2, 0) is 0 Å². The van der Waals surface area contributed by atoms with E-state index in [2.05, 4.69) is 70.3 Å². The highest BCUT2D eigenvalue weighted by atomic mass is 15.5. The van der Waals surface area contributed by atoms with Gasteiger partial charge in [-0.1, -0.05) is 42.5 Å². The van der Waals surface area contributed by atoms with Crippen molar-refractivity contribution in [3.63, 3.8) is 0 Å². The Kier molecular flexibility index (Phi) is 5.17. The van der Waals surface area contributed by atoms with Crippen molar-refractivity contribution in [2.45, 2.75) is 25.7 Å². The summed E-state index contributed by atoms with van der Waals surface area (Å²) in [4.78, 5) is 1.51. The van der Waals surface area contributed by atoms with Crippen molar-refractivity contribution in [1.29, 1.82) is 0 Å². The van der Waals surface area contributed by atoms with Gasteiger partial charge in [-0.15, -0.1) is 5.10 Å². The number of rotatable bonds is 4. The van der Waals surface area contributed by atoms with Gasteiger partial charge in [0.2, 0.25) is 0 Å². The van der Waals surface area contributed by atoms with Crippen LogP contribution in [0.2, 0.25) is 0 Å². The van der Waals surface area contributed by atoms with Crippen LogP contribution >= 0.6 is 0 Å². The molecule has 5 heteroatoms. The fourth-order valence-electron chi connectivity index (χ4n) is 3.45. The zero-order valence-electron chi connectivity index (χ0n) is 14.9. The first-order chi connectivity index (χ1) is 12.9. The van der Waals surface area contributed by atoms with E-state index in [0.717, 1.165) is 11.5 Å². The maximum Gasteiger partial charge on any atom is 0.185 e. The van der Waals surface area contributed by atoms with Gasteiger partial charge in [-0.2, -0.15) is 4.68 Å². The smallest absolute Gasteiger partial charge is 0.185 e. The molecule has 1 N–H and O–H groups in total. The molecule has 26 heavy (non-hydrogen) atoms. The fourth-order valence-corrected chi connectivity index (χ4v) is 3.45. The van der Waals surface area contributed by atoms with Crippen molar-refractivity contribution in [1.82, 2.24) is 20.2 Å². The molecular weight excluding hydrogens is 322 g/mol. The van der Waals surface area contributed by atoms with Gasteiger partial charge < -0.3 is 4.90 Å². The minimum Gasteiger partial charge on any atom is -0.309 e. The zero-order chi connectivity index (χ0) is 17.6. The molecule has 1 aliphatic heterocycles. The SMILES string of the molecule is C(=C\[NH+]1CCCCCC1)/c1nnnn1-c1ccc(-c2ccccc2)cc1. The van der Waals surface area contributed by atoms with Gasteiger partial charge in [-0.3, -0.25) is 0 Å². The molecule has 1 aliphatic rings. The van der Waals surface area contributed by atoms with E-state index in [1.54, 1.807) is 4.68 Å². The van der Waals surface area contributed by atoms with Crippen LogP contribution in [0.3, 0.4) is 0 Å². The van der Waals surface area contributed by atoms with E-state index in [1.165, 1.54) is 54.8 Å². The van der Waals surface area contributed by atoms with Gasteiger partial charge in [0, 0.05) is 6.08 Å². The topological polar surface area (TPSA) is 48.0 Å². The summed E-state index contributed by atoms with van der Waals surface area (Å²) in [5, 5.41) is 12.2. The molecule has 132 valence electrons. The molecule has 0 spiro atoms. The molecule has 0 radical (unpaired) electrons.